The summed E-state index contributed by atoms with van der Waals surface area (Å²) in [6.45, 7) is 2.94. The SMILES string of the molecule is CCCCCC(=O)N1CCC[C@@H]1c1nc(-c2ccccc2)no1. The Bertz CT molecular complexity index is 639. The summed E-state index contributed by atoms with van der Waals surface area (Å²) in [5, 5.41) is 4.08. The number of aromatic nitrogens is 2. The van der Waals surface area contributed by atoms with Crippen molar-refractivity contribution < 1.29 is 9.32 Å². The lowest BCUT2D eigenvalue weighted by Gasteiger charge is -2.21. The van der Waals surface area contributed by atoms with Gasteiger partial charge in [-0.3, -0.25) is 4.79 Å². The molecule has 0 saturated carbocycles. The molecule has 5 heteroatoms. The largest absolute Gasteiger partial charge is 0.337 e. The van der Waals surface area contributed by atoms with Gasteiger partial charge in [0.15, 0.2) is 0 Å². The zero-order chi connectivity index (χ0) is 16.1. The van der Waals surface area contributed by atoms with Gasteiger partial charge in [-0.1, -0.05) is 55.3 Å². The highest BCUT2D eigenvalue weighted by Gasteiger charge is 2.33. The van der Waals surface area contributed by atoms with E-state index in [1.807, 2.05) is 35.2 Å². The smallest absolute Gasteiger partial charge is 0.249 e. The van der Waals surface area contributed by atoms with E-state index in [-0.39, 0.29) is 11.9 Å². The second-order valence-electron chi connectivity index (χ2n) is 6.02. The normalized spacial score (nSPS) is 17.6. The first-order chi connectivity index (χ1) is 11.3. The third kappa shape index (κ3) is 3.60. The lowest BCUT2D eigenvalue weighted by molar-refractivity contribution is -0.132. The van der Waals surface area contributed by atoms with E-state index in [1.54, 1.807) is 0 Å². The van der Waals surface area contributed by atoms with Crippen LogP contribution in [0.5, 0.6) is 0 Å². The molecule has 2 aromatic rings. The first-order valence-electron chi connectivity index (χ1n) is 8.48. The molecule has 5 nitrogen and oxygen atoms in total. The molecule has 1 atom stereocenters. The standard InChI is InChI=1S/C18H23N3O2/c1-2-3-5-12-16(22)21-13-8-11-15(21)18-19-17(20-23-18)14-9-6-4-7-10-14/h4,6-7,9-10,15H,2-3,5,8,11-13H2,1H3/t15-/m1/s1. The molecule has 1 fully saturated rings. The van der Waals surface area contributed by atoms with Gasteiger partial charge in [-0.2, -0.15) is 4.98 Å². The lowest BCUT2D eigenvalue weighted by atomic mass is 10.1. The zero-order valence-corrected chi connectivity index (χ0v) is 13.6. The van der Waals surface area contributed by atoms with Crippen LogP contribution in [-0.2, 0) is 4.79 Å². The van der Waals surface area contributed by atoms with E-state index in [1.165, 1.54) is 0 Å². The van der Waals surface area contributed by atoms with Gasteiger partial charge in [0, 0.05) is 18.5 Å². The van der Waals surface area contributed by atoms with E-state index < -0.39 is 0 Å². The number of carbonyl (C=O) groups is 1. The molecule has 1 saturated heterocycles. The van der Waals surface area contributed by atoms with Crippen molar-refractivity contribution in [3.05, 3.63) is 36.2 Å². The molecule has 0 spiro atoms. The number of likely N-dealkylation sites (tertiary alicyclic amines) is 1. The van der Waals surface area contributed by atoms with Crippen molar-refractivity contribution in [2.45, 2.75) is 51.5 Å². The number of amides is 1. The van der Waals surface area contributed by atoms with Crippen molar-refractivity contribution in [3.8, 4) is 11.4 Å². The van der Waals surface area contributed by atoms with Crippen molar-refractivity contribution >= 4 is 5.91 Å². The van der Waals surface area contributed by atoms with Crippen LogP contribution in [-0.4, -0.2) is 27.5 Å². The predicted molar refractivity (Wildman–Crippen MR) is 87.6 cm³/mol. The van der Waals surface area contributed by atoms with Crippen LogP contribution in [0.1, 0.15) is 57.4 Å². The molecule has 1 aliphatic rings. The van der Waals surface area contributed by atoms with Crippen molar-refractivity contribution in [2.24, 2.45) is 0 Å². The maximum atomic E-state index is 12.4. The third-order valence-electron chi connectivity index (χ3n) is 4.33. The Hall–Kier alpha value is -2.17. The molecule has 0 radical (unpaired) electrons. The minimum atomic E-state index is -0.0610. The molecule has 0 aliphatic carbocycles. The summed E-state index contributed by atoms with van der Waals surface area (Å²) in [6, 6.07) is 9.70. The molecule has 1 aromatic heterocycles. The molecule has 2 heterocycles. The van der Waals surface area contributed by atoms with Gasteiger partial charge in [0.25, 0.3) is 0 Å². The maximum Gasteiger partial charge on any atom is 0.249 e. The van der Waals surface area contributed by atoms with Crippen LogP contribution in [0.25, 0.3) is 11.4 Å². The average molecular weight is 313 g/mol. The molecule has 0 bridgehead atoms. The van der Waals surface area contributed by atoms with Crippen LogP contribution in [0.3, 0.4) is 0 Å². The summed E-state index contributed by atoms with van der Waals surface area (Å²) in [5.74, 6) is 1.36. The summed E-state index contributed by atoms with van der Waals surface area (Å²) in [7, 11) is 0. The van der Waals surface area contributed by atoms with E-state index in [0.29, 0.717) is 18.1 Å². The van der Waals surface area contributed by atoms with Crippen molar-refractivity contribution in [3.63, 3.8) is 0 Å². The molecule has 1 aliphatic heterocycles. The summed E-state index contributed by atoms with van der Waals surface area (Å²) >= 11 is 0. The number of hydrogen-bond donors (Lipinski definition) is 0. The highest BCUT2D eigenvalue weighted by Crippen LogP contribution is 2.32. The second kappa shape index (κ2) is 7.40. The summed E-state index contributed by atoms with van der Waals surface area (Å²) in [6.07, 6.45) is 5.69. The molecule has 122 valence electrons. The fourth-order valence-corrected chi connectivity index (χ4v) is 3.07. The van der Waals surface area contributed by atoms with Gasteiger partial charge in [0.2, 0.25) is 17.6 Å². The number of carbonyl (C=O) groups excluding carboxylic acids is 1. The number of nitrogens with zero attached hydrogens (tertiary/aromatic N) is 3. The number of rotatable bonds is 6. The quantitative estimate of drug-likeness (QED) is 0.757. The van der Waals surface area contributed by atoms with E-state index >= 15 is 0 Å². The third-order valence-corrected chi connectivity index (χ3v) is 4.33. The first-order valence-corrected chi connectivity index (χ1v) is 8.48. The summed E-state index contributed by atoms with van der Waals surface area (Å²) in [4.78, 5) is 18.9. The van der Waals surface area contributed by atoms with Gasteiger partial charge in [0.05, 0.1) is 0 Å². The first kappa shape index (κ1) is 15.7. The van der Waals surface area contributed by atoms with Gasteiger partial charge in [0.1, 0.15) is 6.04 Å². The molecule has 0 N–H and O–H groups in total. The molecular weight excluding hydrogens is 290 g/mol. The maximum absolute atomic E-state index is 12.4. The lowest BCUT2D eigenvalue weighted by Crippen LogP contribution is -2.30. The minimum absolute atomic E-state index is 0.0610. The number of hydrogen-bond acceptors (Lipinski definition) is 4. The Labute approximate surface area is 136 Å². The predicted octanol–water partition coefficient (Wildman–Crippen LogP) is 3.98. The Morgan fingerprint density at radius 3 is 2.91 bits per heavy atom. The van der Waals surface area contributed by atoms with Crippen LogP contribution in [0, 0.1) is 0 Å². The average Bonchev–Trinajstić information content (AvgIpc) is 3.25. The van der Waals surface area contributed by atoms with Gasteiger partial charge in [-0.15, -0.1) is 0 Å². The fourth-order valence-electron chi connectivity index (χ4n) is 3.07. The molecule has 1 aromatic carbocycles. The Balaban J connectivity index is 1.71. The van der Waals surface area contributed by atoms with Crippen molar-refractivity contribution in [1.82, 2.24) is 15.0 Å². The van der Waals surface area contributed by atoms with Crippen molar-refractivity contribution in [2.75, 3.05) is 6.54 Å². The minimum Gasteiger partial charge on any atom is -0.337 e. The molecule has 0 unspecified atom stereocenters. The van der Waals surface area contributed by atoms with Crippen molar-refractivity contribution in [1.29, 1.82) is 0 Å². The summed E-state index contributed by atoms with van der Waals surface area (Å²) < 4.78 is 5.45. The molecule has 1 amide bonds. The van der Waals surface area contributed by atoms with E-state index in [0.717, 1.165) is 44.2 Å². The van der Waals surface area contributed by atoms with Gasteiger partial charge in [-0.25, -0.2) is 0 Å². The highest BCUT2D eigenvalue weighted by molar-refractivity contribution is 5.76. The monoisotopic (exact) mass is 313 g/mol. The highest BCUT2D eigenvalue weighted by atomic mass is 16.5. The second-order valence-corrected chi connectivity index (χ2v) is 6.02. The van der Waals surface area contributed by atoms with Gasteiger partial charge >= 0.3 is 0 Å². The Morgan fingerprint density at radius 1 is 1.30 bits per heavy atom. The number of benzene rings is 1. The molecular formula is C18H23N3O2. The summed E-state index contributed by atoms with van der Waals surface area (Å²) in [5.41, 5.74) is 0.932. The fraction of sp³-hybridized carbons (Fsp3) is 0.500. The van der Waals surface area contributed by atoms with Gasteiger partial charge < -0.3 is 9.42 Å². The van der Waals surface area contributed by atoms with Crippen LogP contribution in [0.2, 0.25) is 0 Å². The zero-order valence-electron chi connectivity index (χ0n) is 13.6. The van der Waals surface area contributed by atoms with E-state index in [2.05, 4.69) is 17.1 Å². The Kier molecular flexibility index (Phi) is 5.05. The Morgan fingerprint density at radius 2 is 2.13 bits per heavy atom. The van der Waals surface area contributed by atoms with Crippen LogP contribution in [0.4, 0.5) is 0 Å². The molecule has 23 heavy (non-hydrogen) atoms. The van der Waals surface area contributed by atoms with E-state index in [9.17, 15) is 4.79 Å². The molecule has 3 rings (SSSR count). The topological polar surface area (TPSA) is 59.2 Å². The van der Waals surface area contributed by atoms with Crippen LogP contribution < -0.4 is 0 Å². The van der Waals surface area contributed by atoms with Gasteiger partial charge in [-0.05, 0) is 19.3 Å². The van der Waals surface area contributed by atoms with Crippen LogP contribution in [0.15, 0.2) is 34.9 Å². The number of unbranched alkanes of at least 4 members (excludes halogenated alkanes) is 2. The van der Waals surface area contributed by atoms with Crippen LogP contribution >= 0.6 is 0 Å². The van der Waals surface area contributed by atoms with E-state index in [4.69, 9.17) is 4.52 Å².